The quantitative estimate of drug-likeness (QED) is 0.173. The van der Waals surface area contributed by atoms with Gasteiger partial charge in [-0.1, -0.05) is 12.1 Å². The highest BCUT2D eigenvalue weighted by Crippen LogP contribution is 2.19. The molecule has 0 bridgehead atoms. The number of amides is 3. The number of carbonyl (C=O) groups is 3. The molecule has 176 valence electrons. The summed E-state index contributed by atoms with van der Waals surface area (Å²) >= 11 is 0. The fourth-order valence-electron chi connectivity index (χ4n) is 3.27. The van der Waals surface area contributed by atoms with Gasteiger partial charge in [0.05, 0.1) is 36.7 Å². The first kappa shape index (κ1) is 25.8. The van der Waals surface area contributed by atoms with Crippen LogP contribution in [0.3, 0.4) is 0 Å². The van der Waals surface area contributed by atoms with Crippen molar-refractivity contribution in [2.45, 2.75) is 19.3 Å². The lowest BCUT2D eigenvalue weighted by Crippen LogP contribution is -3.00. The second kappa shape index (κ2) is 12.6. The topological polar surface area (TPSA) is 148 Å². The van der Waals surface area contributed by atoms with Crippen LogP contribution >= 0.6 is 0 Å². The molecule has 6 N–H and O–H groups in total. The number of primary amides is 1. The third-order valence-corrected chi connectivity index (χ3v) is 4.97. The molecule has 0 aliphatic carbocycles. The molecule has 0 saturated carbocycles. The van der Waals surface area contributed by atoms with E-state index in [1.54, 1.807) is 42.5 Å². The van der Waals surface area contributed by atoms with Gasteiger partial charge in [0.2, 0.25) is 17.2 Å². The minimum Gasteiger partial charge on any atom is -1.00 e. The summed E-state index contributed by atoms with van der Waals surface area (Å²) in [6.07, 6.45) is 1.21. The number of hydrogen-bond acceptors (Lipinski definition) is 5. The molecule has 0 aliphatic rings. The van der Waals surface area contributed by atoms with E-state index < -0.39 is 0 Å². The predicted molar refractivity (Wildman–Crippen MR) is 120 cm³/mol. The normalized spacial score (nSPS) is 10.5. The van der Waals surface area contributed by atoms with Gasteiger partial charge in [-0.2, -0.15) is 0 Å². The van der Waals surface area contributed by atoms with Gasteiger partial charge >= 0.3 is 0 Å². The van der Waals surface area contributed by atoms with Gasteiger partial charge in [-0.05, 0) is 36.8 Å². The Balaban J connectivity index is 0.00000385. The van der Waals surface area contributed by atoms with Crippen molar-refractivity contribution >= 4 is 39.7 Å². The van der Waals surface area contributed by atoms with Crippen LogP contribution in [0.25, 0.3) is 21.9 Å². The Morgan fingerprint density at radius 1 is 0.909 bits per heavy atom. The van der Waals surface area contributed by atoms with Crippen LogP contribution in [0.4, 0.5) is 0 Å². The molecule has 0 atom stereocenters. The Hall–Kier alpha value is -3.43. The van der Waals surface area contributed by atoms with Crippen LogP contribution < -0.4 is 39.5 Å². The number of halogens is 1. The van der Waals surface area contributed by atoms with Crippen LogP contribution in [-0.2, 0) is 9.59 Å². The van der Waals surface area contributed by atoms with Crippen LogP contribution in [-0.4, -0.2) is 43.9 Å². The Kier molecular flexibility index (Phi) is 9.84. The van der Waals surface area contributed by atoms with E-state index in [2.05, 4.69) is 10.6 Å². The van der Waals surface area contributed by atoms with E-state index in [9.17, 15) is 19.2 Å². The highest BCUT2D eigenvalue weighted by molar-refractivity contribution is 5.99. The van der Waals surface area contributed by atoms with Crippen molar-refractivity contribution in [2.24, 2.45) is 5.73 Å². The van der Waals surface area contributed by atoms with Crippen molar-refractivity contribution in [1.82, 2.24) is 10.6 Å². The standard InChI is InChI=1S/C23H26N4O5.ClH/c24-20(28)8-12-25-13-9-21(29)26-10-3-11-27-23(31)15-6-7-19-17(14-15)22(30)16-4-1-2-5-18(16)32-19;/h1-2,4-7,14,25H,3,8-13H2,(H2,24,28)(H,26,29)(H,27,31);1H. The highest BCUT2D eigenvalue weighted by atomic mass is 35.5. The molecule has 3 aromatic rings. The largest absolute Gasteiger partial charge is 1.00 e. The molecular weight excluding hydrogens is 448 g/mol. The molecule has 0 fully saturated rings. The van der Waals surface area contributed by atoms with Gasteiger partial charge in [0, 0.05) is 18.7 Å². The first-order chi connectivity index (χ1) is 15.5. The molecule has 1 aromatic heterocycles. The van der Waals surface area contributed by atoms with E-state index >= 15 is 0 Å². The van der Waals surface area contributed by atoms with Crippen molar-refractivity contribution < 1.29 is 36.5 Å². The van der Waals surface area contributed by atoms with Crippen LogP contribution in [0, 0.1) is 0 Å². The Bertz CT molecular complexity index is 1190. The van der Waals surface area contributed by atoms with E-state index in [4.69, 9.17) is 10.2 Å². The summed E-state index contributed by atoms with van der Waals surface area (Å²) in [5.41, 5.74) is 6.19. The van der Waals surface area contributed by atoms with Gasteiger partial charge in [0.25, 0.3) is 5.91 Å². The minimum absolute atomic E-state index is 0. The number of fused-ring (bicyclic) bond motifs is 2. The summed E-state index contributed by atoms with van der Waals surface area (Å²) in [6.45, 7) is 1.98. The third-order valence-electron chi connectivity index (χ3n) is 4.97. The molecule has 3 rings (SSSR count). The molecular formula is C23H27ClN4O5. The van der Waals surface area contributed by atoms with Gasteiger partial charge in [-0.15, -0.1) is 0 Å². The summed E-state index contributed by atoms with van der Waals surface area (Å²) < 4.78 is 5.75. The number of rotatable bonds is 11. The zero-order valence-electron chi connectivity index (χ0n) is 18.1. The molecule has 0 aliphatic heterocycles. The van der Waals surface area contributed by atoms with Crippen molar-refractivity contribution in [3.63, 3.8) is 0 Å². The zero-order chi connectivity index (χ0) is 22.9. The van der Waals surface area contributed by atoms with Crippen molar-refractivity contribution in [1.29, 1.82) is 0 Å². The second-order valence-corrected chi connectivity index (χ2v) is 7.43. The lowest BCUT2D eigenvalue weighted by Gasteiger charge is -2.08. The first-order valence-electron chi connectivity index (χ1n) is 10.6. The molecule has 2 aromatic carbocycles. The zero-order valence-corrected chi connectivity index (χ0v) is 18.8. The minimum atomic E-state index is -0.353. The molecule has 1 heterocycles. The lowest BCUT2D eigenvalue weighted by atomic mass is 10.1. The number of benzene rings is 2. The highest BCUT2D eigenvalue weighted by Gasteiger charge is 2.11. The average molecular weight is 475 g/mol. The van der Waals surface area contributed by atoms with E-state index in [1.807, 2.05) is 5.32 Å². The summed E-state index contributed by atoms with van der Waals surface area (Å²) in [6, 6.07) is 11.8. The molecule has 0 spiro atoms. The van der Waals surface area contributed by atoms with E-state index in [0.29, 0.717) is 72.9 Å². The summed E-state index contributed by atoms with van der Waals surface area (Å²) in [5, 5.41) is 8.28. The fraction of sp³-hybridized carbons (Fsp3) is 0.304. The van der Waals surface area contributed by atoms with Crippen molar-refractivity contribution in [3.05, 3.63) is 58.3 Å². The summed E-state index contributed by atoms with van der Waals surface area (Å²) in [7, 11) is 0. The Morgan fingerprint density at radius 3 is 2.39 bits per heavy atom. The van der Waals surface area contributed by atoms with Gasteiger partial charge in [0.1, 0.15) is 11.2 Å². The van der Waals surface area contributed by atoms with Crippen LogP contribution in [0.2, 0.25) is 0 Å². The van der Waals surface area contributed by atoms with Gasteiger partial charge in [-0.25, -0.2) is 0 Å². The van der Waals surface area contributed by atoms with E-state index in [0.717, 1.165) is 0 Å². The predicted octanol–water partition coefficient (Wildman–Crippen LogP) is -2.98. The number of hydrogen-bond donors (Lipinski definition) is 4. The third kappa shape index (κ3) is 7.30. The Morgan fingerprint density at radius 2 is 1.61 bits per heavy atom. The monoisotopic (exact) mass is 474 g/mol. The maximum atomic E-state index is 12.7. The van der Waals surface area contributed by atoms with Gasteiger partial charge in [0.15, 0.2) is 0 Å². The second-order valence-electron chi connectivity index (χ2n) is 7.43. The smallest absolute Gasteiger partial charge is 0.251 e. The summed E-state index contributed by atoms with van der Waals surface area (Å²) in [4.78, 5) is 47.5. The number of nitrogens with one attached hydrogen (secondary N) is 2. The number of para-hydroxylation sites is 1. The van der Waals surface area contributed by atoms with Crippen LogP contribution in [0.5, 0.6) is 0 Å². The molecule has 10 heteroatoms. The molecule has 9 nitrogen and oxygen atoms in total. The average Bonchev–Trinajstić information content (AvgIpc) is 2.78. The van der Waals surface area contributed by atoms with Crippen molar-refractivity contribution in [3.8, 4) is 0 Å². The summed E-state index contributed by atoms with van der Waals surface area (Å²) in [5.74, 6) is -0.733. The van der Waals surface area contributed by atoms with Crippen LogP contribution in [0.15, 0.2) is 51.7 Å². The molecule has 0 saturated heterocycles. The van der Waals surface area contributed by atoms with Crippen LogP contribution in [0.1, 0.15) is 29.6 Å². The SMILES string of the molecule is NC(=O)CC[NH2+]CCC(=O)NCCCNC(=O)c1ccc2oc3ccccc3c(=O)c2c1.[Cl-]. The Labute approximate surface area is 196 Å². The maximum absolute atomic E-state index is 12.7. The molecule has 3 amide bonds. The lowest BCUT2D eigenvalue weighted by molar-refractivity contribution is -0.652. The maximum Gasteiger partial charge on any atom is 0.251 e. The van der Waals surface area contributed by atoms with E-state index in [-0.39, 0.29) is 35.6 Å². The fourth-order valence-corrected chi connectivity index (χ4v) is 3.27. The number of quaternary nitrogens is 1. The number of nitrogens with two attached hydrogens (primary N) is 2. The molecule has 0 radical (unpaired) electrons. The van der Waals surface area contributed by atoms with Gasteiger partial charge in [-0.3, -0.25) is 19.2 Å². The van der Waals surface area contributed by atoms with Gasteiger partial charge < -0.3 is 38.5 Å². The van der Waals surface area contributed by atoms with E-state index in [1.165, 1.54) is 0 Å². The first-order valence-corrected chi connectivity index (χ1v) is 10.6. The van der Waals surface area contributed by atoms with Crippen molar-refractivity contribution in [2.75, 3.05) is 26.2 Å². The molecule has 33 heavy (non-hydrogen) atoms. The number of carbonyl (C=O) groups excluding carboxylic acids is 3. The molecule has 0 unspecified atom stereocenters.